The molecule has 1 fully saturated rings. The van der Waals surface area contributed by atoms with E-state index in [0.29, 0.717) is 16.3 Å². The second-order valence-corrected chi connectivity index (χ2v) is 5.47. The van der Waals surface area contributed by atoms with Gasteiger partial charge in [-0.25, -0.2) is 0 Å². The Bertz CT molecular complexity index is 504. The van der Waals surface area contributed by atoms with Crippen LogP contribution in [0.3, 0.4) is 0 Å². The molecule has 1 heterocycles. The molecule has 1 atom stereocenters. The highest BCUT2D eigenvalue weighted by Gasteiger charge is 2.22. The van der Waals surface area contributed by atoms with E-state index >= 15 is 0 Å². The van der Waals surface area contributed by atoms with Crippen molar-refractivity contribution in [3.05, 3.63) is 28.8 Å². The SMILES string of the molecule is CNC(=O)c1cc(NC(=O)C2CSCN2)ccc1Cl. The maximum Gasteiger partial charge on any atom is 0.252 e. The number of hydrogen-bond acceptors (Lipinski definition) is 4. The van der Waals surface area contributed by atoms with Crippen molar-refractivity contribution in [2.75, 3.05) is 24.0 Å². The lowest BCUT2D eigenvalue weighted by Gasteiger charge is -2.12. The molecule has 1 aromatic rings. The van der Waals surface area contributed by atoms with Gasteiger partial charge in [-0.1, -0.05) is 11.6 Å². The second-order valence-electron chi connectivity index (χ2n) is 4.03. The van der Waals surface area contributed by atoms with Gasteiger partial charge < -0.3 is 10.6 Å². The fourth-order valence-electron chi connectivity index (χ4n) is 1.70. The molecule has 7 heteroatoms. The summed E-state index contributed by atoms with van der Waals surface area (Å²) < 4.78 is 0. The normalized spacial score (nSPS) is 18.1. The molecule has 2 amide bonds. The largest absolute Gasteiger partial charge is 0.355 e. The highest BCUT2D eigenvalue weighted by atomic mass is 35.5. The molecule has 1 aliphatic rings. The van der Waals surface area contributed by atoms with Gasteiger partial charge in [-0.15, -0.1) is 11.8 Å². The number of benzene rings is 1. The molecule has 1 unspecified atom stereocenters. The number of rotatable bonds is 3. The van der Waals surface area contributed by atoms with Crippen molar-refractivity contribution in [3.8, 4) is 0 Å². The van der Waals surface area contributed by atoms with Gasteiger partial charge in [0.25, 0.3) is 5.91 Å². The zero-order valence-electron chi connectivity index (χ0n) is 10.3. The van der Waals surface area contributed by atoms with Gasteiger partial charge in [-0.2, -0.15) is 0 Å². The molecule has 0 aliphatic carbocycles. The first-order valence-electron chi connectivity index (χ1n) is 5.75. The summed E-state index contributed by atoms with van der Waals surface area (Å²) in [5, 5.41) is 8.72. The summed E-state index contributed by atoms with van der Waals surface area (Å²) in [6, 6.07) is 4.65. The molecule has 0 radical (unpaired) electrons. The van der Waals surface area contributed by atoms with E-state index in [4.69, 9.17) is 11.6 Å². The van der Waals surface area contributed by atoms with E-state index in [-0.39, 0.29) is 17.9 Å². The minimum atomic E-state index is -0.282. The van der Waals surface area contributed by atoms with Crippen molar-refractivity contribution in [2.24, 2.45) is 0 Å². The third kappa shape index (κ3) is 3.40. The van der Waals surface area contributed by atoms with Gasteiger partial charge in [0.05, 0.1) is 16.6 Å². The standard InChI is InChI=1S/C12H14ClN3O2S/c1-14-11(17)8-4-7(2-3-9(8)13)16-12(18)10-5-19-6-15-10/h2-4,10,15H,5-6H2,1H3,(H,14,17)(H,16,18). The summed E-state index contributed by atoms with van der Waals surface area (Å²) in [6.07, 6.45) is 0. The maximum atomic E-state index is 11.9. The van der Waals surface area contributed by atoms with E-state index < -0.39 is 0 Å². The van der Waals surface area contributed by atoms with Crippen LogP contribution in [0.5, 0.6) is 0 Å². The molecule has 1 saturated heterocycles. The van der Waals surface area contributed by atoms with E-state index in [9.17, 15) is 9.59 Å². The number of amides is 2. The van der Waals surface area contributed by atoms with Crippen molar-refractivity contribution in [1.29, 1.82) is 0 Å². The van der Waals surface area contributed by atoms with Crippen LogP contribution in [-0.2, 0) is 4.79 Å². The first-order chi connectivity index (χ1) is 9.11. The van der Waals surface area contributed by atoms with Crippen LogP contribution in [0, 0.1) is 0 Å². The van der Waals surface area contributed by atoms with Gasteiger partial charge in [0.2, 0.25) is 5.91 Å². The number of thioether (sulfide) groups is 1. The lowest BCUT2D eigenvalue weighted by atomic mass is 10.1. The molecule has 0 saturated carbocycles. The van der Waals surface area contributed by atoms with Crippen LogP contribution in [0.2, 0.25) is 5.02 Å². The van der Waals surface area contributed by atoms with Crippen LogP contribution in [0.15, 0.2) is 18.2 Å². The Morgan fingerprint density at radius 2 is 2.26 bits per heavy atom. The molecular weight excluding hydrogens is 286 g/mol. The Balaban J connectivity index is 2.12. The summed E-state index contributed by atoms with van der Waals surface area (Å²) in [6.45, 7) is 0. The highest BCUT2D eigenvalue weighted by molar-refractivity contribution is 7.99. The van der Waals surface area contributed by atoms with Crippen LogP contribution in [0.4, 0.5) is 5.69 Å². The molecule has 0 bridgehead atoms. The number of halogens is 1. The molecule has 1 aliphatic heterocycles. The fourth-order valence-corrected chi connectivity index (χ4v) is 2.85. The number of carbonyl (C=O) groups is 2. The second kappa shape index (κ2) is 6.27. The summed E-state index contributed by atoms with van der Waals surface area (Å²) in [4.78, 5) is 23.5. The van der Waals surface area contributed by atoms with Gasteiger partial charge in [-0.05, 0) is 18.2 Å². The van der Waals surface area contributed by atoms with Crippen LogP contribution in [0.1, 0.15) is 10.4 Å². The minimum absolute atomic E-state index is 0.102. The van der Waals surface area contributed by atoms with Crippen molar-refractivity contribution in [3.63, 3.8) is 0 Å². The third-order valence-electron chi connectivity index (χ3n) is 2.74. The van der Waals surface area contributed by atoms with Crippen LogP contribution in [-0.4, -0.2) is 36.5 Å². The summed E-state index contributed by atoms with van der Waals surface area (Å²) in [5.41, 5.74) is 0.905. The summed E-state index contributed by atoms with van der Waals surface area (Å²) in [5.74, 6) is 1.15. The molecule has 0 spiro atoms. The minimum Gasteiger partial charge on any atom is -0.355 e. The van der Waals surface area contributed by atoms with Crippen molar-refractivity contribution in [1.82, 2.24) is 10.6 Å². The van der Waals surface area contributed by atoms with Gasteiger partial charge in [0, 0.05) is 24.4 Å². The monoisotopic (exact) mass is 299 g/mol. The molecule has 3 N–H and O–H groups in total. The first kappa shape index (κ1) is 14.2. The van der Waals surface area contributed by atoms with E-state index in [1.165, 1.54) is 7.05 Å². The molecule has 1 aromatic carbocycles. The van der Waals surface area contributed by atoms with Crippen LogP contribution < -0.4 is 16.0 Å². The van der Waals surface area contributed by atoms with Gasteiger partial charge in [0.15, 0.2) is 0 Å². The van der Waals surface area contributed by atoms with Gasteiger partial charge in [0.1, 0.15) is 0 Å². The fraction of sp³-hybridized carbons (Fsp3) is 0.333. The van der Waals surface area contributed by atoms with Gasteiger partial charge >= 0.3 is 0 Å². The van der Waals surface area contributed by atoms with Crippen LogP contribution >= 0.6 is 23.4 Å². The topological polar surface area (TPSA) is 70.2 Å². The van der Waals surface area contributed by atoms with Gasteiger partial charge in [-0.3, -0.25) is 14.9 Å². The molecule has 5 nitrogen and oxygen atoms in total. The quantitative estimate of drug-likeness (QED) is 0.787. The Morgan fingerprint density at radius 1 is 1.47 bits per heavy atom. The number of anilines is 1. The van der Waals surface area contributed by atoms with E-state index in [0.717, 1.165) is 11.6 Å². The smallest absolute Gasteiger partial charge is 0.252 e. The van der Waals surface area contributed by atoms with Crippen molar-refractivity contribution < 1.29 is 9.59 Å². The zero-order chi connectivity index (χ0) is 13.8. The maximum absolute atomic E-state index is 11.9. The first-order valence-corrected chi connectivity index (χ1v) is 7.28. The summed E-state index contributed by atoms with van der Waals surface area (Å²) >= 11 is 7.62. The third-order valence-corrected chi connectivity index (χ3v) is 4.01. The number of carbonyl (C=O) groups excluding carboxylic acids is 2. The highest BCUT2D eigenvalue weighted by Crippen LogP contribution is 2.21. The van der Waals surface area contributed by atoms with E-state index in [1.54, 1.807) is 30.0 Å². The molecule has 102 valence electrons. The number of nitrogens with one attached hydrogen (secondary N) is 3. The Labute approximate surface area is 120 Å². The molecule has 19 heavy (non-hydrogen) atoms. The van der Waals surface area contributed by atoms with E-state index in [2.05, 4.69) is 16.0 Å². The average Bonchev–Trinajstić information content (AvgIpc) is 2.94. The van der Waals surface area contributed by atoms with Crippen molar-refractivity contribution in [2.45, 2.75) is 6.04 Å². The van der Waals surface area contributed by atoms with E-state index in [1.807, 2.05) is 0 Å². The molecule has 2 rings (SSSR count). The zero-order valence-corrected chi connectivity index (χ0v) is 11.9. The van der Waals surface area contributed by atoms with Crippen molar-refractivity contribution >= 4 is 40.9 Å². The lowest BCUT2D eigenvalue weighted by molar-refractivity contribution is -0.117. The Hall–Kier alpha value is -1.24. The predicted octanol–water partition coefficient (Wildman–Crippen LogP) is 1.30. The summed E-state index contributed by atoms with van der Waals surface area (Å²) in [7, 11) is 1.53. The number of hydrogen-bond donors (Lipinski definition) is 3. The lowest BCUT2D eigenvalue weighted by Crippen LogP contribution is -2.37. The predicted molar refractivity (Wildman–Crippen MR) is 77.7 cm³/mol. The molecular formula is C12H14ClN3O2S. The Kier molecular flexibility index (Phi) is 4.68. The average molecular weight is 300 g/mol. The Morgan fingerprint density at radius 3 is 2.89 bits per heavy atom. The molecule has 0 aromatic heterocycles. The van der Waals surface area contributed by atoms with Crippen LogP contribution in [0.25, 0.3) is 0 Å².